The number of hydrogen-bond acceptors (Lipinski definition) is 3. The highest BCUT2D eigenvalue weighted by Gasteiger charge is 2.03. The summed E-state index contributed by atoms with van der Waals surface area (Å²) in [7, 11) is 1.53. The van der Waals surface area contributed by atoms with E-state index < -0.39 is 5.97 Å². The van der Waals surface area contributed by atoms with Crippen LogP contribution in [0.2, 0.25) is 5.02 Å². The van der Waals surface area contributed by atoms with Gasteiger partial charge in [-0.3, -0.25) is 0 Å². The minimum absolute atomic E-state index is 0.0414. The number of aliphatic carboxylic acids is 1. The molecule has 0 aromatic heterocycles. The van der Waals surface area contributed by atoms with Gasteiger partial charge in [0.1, 0.15) is 5.75 Å². The molecule has 1 N–H and O–H groups in total. The fraction of sp³-hybridized carbons (Fsp3) is 0.0833. The fourth-order valence-electron chi connectivity index (χ4n) is 1.13. The maximum atomic E-state index is 10.5. The molecule has 0 spiro atoms. The molecule has 0 radical (unpaired) electrons. The zero-order valence-electron chi connectivity index (χ0n) is 9.05. The van der Waals surface area contributed by atoms with Gasteiger partial charge in [0.15, 0.2) is 0 Å². The number of hydrogen-bond donors (Lipinski definition) is 2. The Morgan fingerprint density at radius 3 is 2.82 bits per heavy atom. The predicted octanol–water partition coefficient (Wildman–Crippen LogP) is 3.26. The average Bonchev–Trinajstić information content (AvgIpc) is 2.31. The van der Waals surface area contributed by atoms with Gasteiger partial charge < -0.3 is 9.84 Å². The zero-order chi connectivity index (χ0) is 12.8. The van der Waals surface area contributed by atoms with Gasteiger partial charge in [0.25, 0.3) is 0 Å². The van der Waals surface area contributed by atoms with Crippen LogP contribution in [0.4, 0.5) is 0 Å². The van der Waals surface area contributed by atoms with Crippen LogP contribution in [-0.4, -0.2) is 18.2 Å². The van der Waals surface area contributed by atoms with Crippen molar-refractivity contribution < 1.29 is 14.6 Å². The van der Waals surface area contributed by atoms with E-state index >= 15 is 0 Å². The second-order valence-corrected chi connectivity index (χ2v) is 3.94. The topological polar surface area (TPSA) is 46.5 Å². The number of carbonyl (C=O) groups is 1. The maximum absolute atomic E-state index is 10.5. The van der Waals surface area contributed by atoms with Crippen molar-refractivity contribution in [3.8, 4) is 5.75 Å². The summed E-state index contributed by atoms with van der Waals surface area (Å²) in [6, 6.07) is 5.35. The first-order valence-corrected chi connectivity index (χ1v) is 5.52. The number of thiol groups is 1. The van der Waals surface area contributed by atoms with Crippen molar-refractivity contribution in [3.63, 3.8) is 0 Å². The highest BCUT2D eigenvalue weighted by Crippen LogP contribution is 2.28. The molecule has 0 fully saturated rings. The van der Waals surface area contributed by atoms with Gasteiger partial charge in [0, 0.05) is 0 Å². The molecule has 0 amide bonds. The molecule has 0 unspecified atom stereocenters. The van der Waals surface area contributed by atoms with Gasteiger partial charge in [0.05, 0.1) is 17.0 Å². The first-order chi connectivity index (χ1) is 8.06. The predicted molar refractivity (Wildman–Crippen MR) is 71.7 cm³/mol. The summed E-state index contributed by atoms with van der Waals surface area (Å²) >= 11 is 9.84. The number of carboxylic acids is 1. The van der Waals surface area contributed by atoms with E-state index in [4.69, 9.17) is 21.4 Å². The fourth-order valence-corrected chi connectivity index (χ4v) is 1.48. The average molecular weight is 271 g/mol. The van der Waals surface area contributed by atoms with Crippen LogP contribution in [0.25, 0.3) is 6.08 Å². The lowest BCUT2D eigenvalue weighted by Gasteiger charge is -2.04. The summed E-state index contributed by atoms with van der Waals surface area (Å²) in [5, 5.41) is 9.07. The van der Waals surface area contributed by atoms with Crippen LogP contribution in [0.3, 0.4) is 0 Å². The molecule has 0 aliphatic heterocycles. The van der Waals surface area contributed by atoms with Gasteiger partial charge >= 0.3 is 5.97 Å². The Hall–Kier alpha value is -1.39. The molecule has 3 nitrogen and oxygen atoms in total. The number of rotatable bonds is 4. The molecule has 90 valence electrons. The molecule has 0 bridgehead atoms. The third-order valence-corrected chi connectivity index (χ3v) is 2.71. The van der Waals surface area contributed by atoms with Crippen LogP contribution in [-0.2, 0) is 4.79 Å². The summed E-state index contributed by atoms with van der Waals surface area (Å²) in [4.78, 5) is 10.4. The minimum Gasteiger partial charge on any atom is -0.495 e. The minimum atomic E-state index is -1.07. The van der Waals surface area contributed by atoms with Crippen molar-refractivity contribution >= 4 is 36.3 Å². The van der Waals surface area contributed by atoms with Gasteiger partial charge in [-0.05, 0) is 17.7 Å². The van der Waals surface area contributed by atoms with Crippen LogP contribution >= 0.6 is 24.2 Å². The Labute approximate surface area is 110 Å². The number of ether oxygens (including phenoxy) is 1. The van der Waals surface area contributed by atoms with Crippen LogP contribution < -0.4 is 4.74 Å². The maximum Gasteiger partial charge on any atom is 0.341 e. The third-order valence-electron chi connectivity index (χ3n) is 1.96. The molecule has 17 heavy (non-hydrogen) atoms. The molecule has 0 heterocycles. The molecule has 0 atom stereocenters. The SMILES string of the molecule is COc1cccc(/C=C/C=C(\S)C(=O)O)c1Cl. The van der Waals surface area contributed by atoms with E-state index in [1.165, 1.54) is 13.2 Å². The molecular weight excluding hydrogens is 260 g/mol. The van der Waals surface area contributed by atoms with Crippen molar-refractivity contribution in [2.45, 2.75) is 0 Å². The summed E-state index contributed by atoms with van der Waals surface area (Å²) in [5.41, 5.74) is 0.744. The first-order valence-electron chi connectivity index (χ1n) is 4.69. The highest BCUT2D eigenvalue weighted by atomic mass is 35.5. The number of halogens is 1. The van der Waals surface area contributed by atoms with E-state index in [1.54, 1.807) is 30.4 Å². The Morgan fingerprint density at radius 1 is 1.53 bits per heavy atom. The second kappa shape index (κ2) is 6.37. The largest absolute Gasteiger partial charge is 0.495 e. The molecule has 5 heteroatoms. The van der Waals surface area contributed by atoms with Gasteiger partial charge in [-0.1, -0.05) is 35.9 Å². The molecule has 0 saturated heterocycles. The van der Waals surface area contributed by atoms with Crippen LogP contribution in [0, 0.1) is 0 Å². The van der Waals surface area contributed by atoms with Crippen molar-refractivity contribution in [2.75, 3.05) is 7.11 Å². The summed E-state index contributed by atoms with van der Waals surface area (Å²) in [6.45, 7) is 0. The van der Waals surface area contributed by atoms with E-state index in [1.807, 2.05) is 0 Å². The second-order valence-electron chi connectivity index (χ2n) is 3.08. The van der Waals surface area contributed by atoms with E-state index in [2.05, 4.69) is 12.6 Å². The van der Waals surface area contributed by atoms with Crippen LogP contribution in [0.5, 0.6) is 5.75 Å². The van der Waals surface area contributed by atoms with Gasteiger partial charge in [-0.25, -0.2) is 4.79 Å². The van der Waals surface area contributed by atoms with Crippen molar-refractivity contribution in [1.82, 2.24) is 0 Å². The quantitative estimate of drug-likeness (QED) is 0.501. The number of allylic oxidation sites excluding steroid dienone is 2. The van der Waals surface area contributed by atoms with E-state index in [-0.39, 0.29) is 4.91 Å². The monoisotopic (exact) mass is 270 g/mol. The molecule has 0 aliphatic rings. The molecule has 1 aromatic carbocycles. The first kappa shape index (κ1) is 13.7. The Kier molecular flexibility index (Phi) is 5.12. The van der Waals surface area contributed by atoms with Crippen molar-refractivity contribution in [1.29, 1.82) is 0 Å². The van der Waals surface area contributed by atoms with E-state index in [0.29, 0.717) is 10.8 Å². The van der Waals surface area contributed by atoms with E-state index in [9.17, 15) is 4.79 Å². The molecule has 1 aromatic rings. The lowest BCUT2D eigenvalue weighted by Crippen LogP contribution is -1.92. The van der Waals surface area contributed by atoms with Crippen molar-refractivity contribution in [3.05, 3.63) is 45.8 Å². The Balaban J connectivity index is 2.93. The Morgan fingerprint density at radius 2 is 2.24 bits per heavy atom. The summed E-state index contributed by atoms with van der Waals surface area (Å²) < 4.78 is 5.06. The molecule has 0 aliphatic carbocycles. The van der Waals surface area contributed by atoms with E-state index in [0.717, 1.165) is 5.56 Å². The van der Waals surface area contributed by atoms with Crippen molar-refractivity contribution in [2.24, 2.45) is 0 Å². The smallest absolute Gasteiger partial charge is 0.341 e. The normalized spacial score (nSPS) is 11.8. The summed E-state index contributed by atoms with van der Waals surface area (Å²) in [5.74, 6) is -0.503. The molecule has 0 saturated carbocycles. The highest BCUT2D eigenvalue weighted by molar-refractivity contribution is 7.85. The lowest BCUT2D eigenvalue weighted by molar-refractivity contribution is -0.131. The van der Waals surface area contributed by atoms with Crippen LogP contribution in [0.15, 0.2) is 35.3 Å². The Bertz CT molecular complexity index is 481. The number of methoxy groups -OCH3 is 1. The number of carboxylic acid groups (broad SMARTS) is 1. The number of benzene rings is 1. The summed E-state index contributed by atoms with van der Waals surface area (Å²) in [6.07, 6.45) is 4.63. The van der Waals surface area contributed by atoms with Crippen LogP contribution in [0.1, 0.15) is 5.56 Å². The van der Waals surface area contributed by atoms with Gasteiger partial charge in [-0.2, -0.15) is 0 Å². The third kappa shape index (κ3) is 3.84. The zero-order valence-corrected chi connectivity index (χ0v) is 10.7. The lowest BCUT2D eigenvalue weighted by atomic mass is 10.2. The molecule has 1 rings (SSSR count). The van der Waals surface area contributed by atoms with Gasteiger partial charge in [-0.15, -0.1) is 12.6 Å². The van der Waals surface area contributed by atoms with Gasteiger partial charge in [0.2, 0.25) is 0 Å². The molecular formula is C12H11ClO3S. The standard InChI is InChI=1S/C12H11ClO3S/c1-16-9-6-2-4-8(11(9)13)5-3-7-10(17)12(14)15/h2-7,17H,1H3,(H,14,15)/b5-3+,10-7-.